The first-order chi connectivity index (χ1) is 14.2. The van der Waals surface area contributed by atoms with Crippen LogP contribution in [-0.4, -0.2) is 47.8 Å². The van der Waals surface area contributed by atoms with Crippen molar-refractivity contribution in [3.63, 3.8) is 0 Å². The van der Waals surface area contributed by atoms with Gasteiger partial charge in [0, 0.05) is 18.3 Å². The third-order valence-corrected chi connectivity index (χ3v) is 6.02. The fraction of sp³-hybridized carbons (Fsp3) is 0.550. The smallest absolute Gasteiger partial charge is 0.384 e. The van der Waals surface area contributed by atoms with Crippen molar-refractivity contribution in [2.45, 2.75) is 43.9 Å². The van der Waals surface area contributed by atoms with Crippen molar-refractivity contribution in [3.8, 4) is 11.3 Å². The summed E-state index contributed by atoms with van der Waals surface area (Å²) in [7, 11) is 1.85. The normalized spacial score (nSPS) is 21.4. The van der Waals surface area contributed by atoms with E-state index in [1.54, 1.807) is 6.07 Å². The van der Waals surface area contributed by atoms with Crippen LogP contribution in [0.4, 0.5) is 24.9 Å². The van der Waals surface area contributed by atoms with Crippen LogP contribution in [-0.2, 0) is 16.5 Å². The molecule has 0 amide bonds. The van der Waals surface area contributed by atoms with Crippen LogP contribution in [0, 0.1) is 0 Å². The molecule has 1 unspecified atom stereocenters. The summed E-state index contributed by atoms with van der Waals surface area (Å²) >= 11 is 0. The summed E-state index contributed by atoms with van der Waals surface area (Å²) in [6.07, 6.45) is -0.681. The van der Waals surface area contributed by atoms with Gasteiger partial charge in [0.25, 0.3) is 0 Å². The highest BCUT2D eigenvalue weighted by atomic mass is 19.4. The lowest BCUT2D eigenvalue weighted by molar-refractivity contribution is -0.137. The molecule has 2 aromatic rings. The van der Waals surface area contributed by atoms with Crippen molar-refractivity contribution < 1.29 is 17.9 Å². The molecule has 2 fully saturated rings. The van der Waals surface area contributed by atoms with Gasteiger partial charge in [0.05, 0.1) is 41.7 Å². The van der Waals surface area contributed by atoms with Gasteiger partial charge in [-0.15, -0.1) is 0 Å². The van der Waals surface area contributed by atoms with Gasteiger partial charge in [0.2, 0.25) is 5.95 Å². The molecule has 1 aliphatic carbocycles. The maximum Gasteiger partial charge on any atom is 0.417 e. The third-order valence-electron chi connectivity index (χ3n) is 6.02. The maximum atomic E-state index is 13.7. The Hall–Kier alpha value is -2.46. The molecule has 10 heteroatoms. The molecule has 0 spiro atoms. The zero-order valence-electron chi connectivity index (χ0n) is 17.0. The van der Waals surface area contributed by atoms with Crippen molar-refractivity contribution in [2.75, 3.05) is 37.4 Å². The largest absolute Gasteiger partial charge is 0.417 e. The minimum Gasteiger partial charge on any atom is -0.384 e. The van der Waals surface area contributed by atoms with Crippen molar-refractivity contribution in [3.05, 3.63) is 29.6 Å². The quantitative estimate of drug-likeness (QED) is 0.783. The Balaban J connectivity index is 1.89. The third kappa shape index (κ3) is 3.69. The summed E-state index contributed by atoms with van der Waals surface area (Å²) < 4.78 is 46.7. The number of hydrogen-bond acceptors (Lipinski definition) is 7. The molecule has 30 heavy (non-hydrogen) atoms. The number of hydrogen-bond donors (Lipinski definition) is 2. The average Bonchev–Trinajstić information content (AvgIpc) is 2.67. The van der Waals surface area contributed by atoms with Gasteiger partial charge < -0.3 is 20.7 Å². The van der Waals surface area contributed by atoms with Crippen molar-refractivity contribution in [2.24, 2.45) is 0 Å². The van der Waals surface area contributed by atoms with E-state index in [2.05, 4.69) is 15.3 Å². The zero-order chi connectivity index (χ0) is 21.5. The molecule has 1 aliphatic heterocycles. The molecule has 0 bridgehead atoms. The Bertz CT molecular complexity index is 926. The summed E-state index contributed by atoms with van der Waals surface area (Å²) in [6.45, 7) is 3.58. The first-order valence-electron chi connectivity index (χ1n) is 9.99. The van der Waals surface area contributed by atoms with E-state index in [1.807, 2.05) is 18.9 Å². The summed E-state index contributed by atoms with van der Waals surface area (Å²) in [5.74, 6) is 0.220. The van der Waals surface area contributed by atoms with Gasteiger partial charge in [-0.25, -0.2) is 15.0 Å². The minimum atomic E-state index is -4.58. The van der Waals surface area contributed by atoms with Gasteiger partial charge >= 0.3 is 6.18 Å². The monoisotopic (exact) mass is 422 g/mol. The number of nitrogens with one attached hydrogen (secondary N) is 1. The fourth-order valence-corrected chi connectivity index (χ4v) is 4.05. The maximum absolute atomic E-state index is 13.7. The molecule has 0 aromatic carbocycles. The first kappa shape index (κ1) is 20.8. The minimum absolute atomic E-state index is 0.0143. The van der Waals surface area contributed by atoms with E-state index in [9.17, 15) is 13.2 Å². The fourth-order valence-electron chi connectivity index (χ4n) is 4.05. The number of anilines is 2. The summed E-state index contributed by atoms with van der Waals surface area (Å²) in [4.78, 5) is 15.2. The zero-order valence-corrected chi connectivity index (χ0v) is 17.0. The van der Waals surface area contributed by atoms with Gasteiger partial charge in [-0.2, -0.15) is 13.2 Å². The Labute approximate surface area is 172 Å². The standard InChI is InChI=1S/C20H25F3N6O/c1-12-11-30-7-6-29(12)18-27-15(9-16(28-18)19(25-2)4-3-5-19)13-10-26-17(24)8-14(13)20(21,22)23/h8-10,12,25H,3-7,11H2,1-2H3,(H2,24,26). The van der Waals surface area contributed by atoms with Crippen LogP contribution in [0.2, 0.25) is 0 Å². The predicted molar refractivity (Wildman–Crippen MR) is 107 cm³/mol. The molecule has 2 aliphatic rings. The number of aromatic nitrogens is 3. The lowest BCUT2D eigenvalue weighted by Crippen LogP contribution is -2.48. The molecular weight excluding hydrogens is 397 g/mol. The second kappa shape index (κ2) is 7.66. The van der Waals surface area contributed by atoms with Crippen molar-refractivity contribution in [1.82, 2.24) is 20.3 Å². The molecule has 1 saturated heterocycles. The van der Waals surface area contributed by atoms with Crippen LogP contribution in [0.1, 0.15) is 37.4 Å². The SMILES string of the molecule is CNC1(c2cc(-c3cnc(N)cc3C(F)(F)F)nc(N3CCOCC3C)n2)CCC1. The van der Waals surface area contributed by atoms with Gasteiger partial charge in [-0.05, 0) is 45.4 Å². The van der Waals surface area contributed by atoms with E-state index in [-0.39, 0.29) is 28.7 Å². The van der Waals surface area contributed by atoms with Gasteiger partial charge in [-0.1, -0.05) is 0 Å². The van der Waals surface area contributed by atoms with Crippen LogP contribution in [0.15, 0.2) is 18.3 Å². The van der Waals surface area contributed by atoms with E-state index >= 15 is 0 Å². The first-order valence-corrected chi connectivity index (χ1v) is 9.99. The topological polar surface area (TPSA) is 89.2 Å². The number of rotatable bonds is 4. The number of pyridine rings is 1. The average molecular weight is 422 g/mol. The lowest BCUT2D eigenvalue weighted by Gasteiger charge is -2.42. The molecule has 3 N–H and O–H groups in total. The highest BCUT2D eigenvalue weighted by molar-refractivity contribution is 5.67. The number of nitrogens with two attached hydrogens (primary N) is 1. The molecule has 0 radical (unpaired) electrons. The van der Waals surface area contributed by atoms with Crippen LogP contribution < -0.4 is 16.0 Å². The lowest BCUT2D eigenvalue weighted by atomic mass is 9.74. The van der Waals surface area contributed by atoms with Gasteiger partial charge in [-0.3, -0.25) is 0 Å². The van der Waals surface area contributed by atoms with Crippen LogP contribution in [0.25, 0.3) is 11.3 Å². The molecule has 3 heterocycles. The number of alkyl halides is 3. The number of nitrogen functional groups attached to an aromatic ring is 1. The van der Waals surface area contributed by atoms with E-state index in [0.29, 0.717) is 31.4 Å². The number of ether oxygens (including phenoxy) is 1. The second-order valence-electron chi connectivity index (χ2n) is 7.89. The van der Waals surface area contributed by atoms with Crippen molar-refractivity contribution >= 4 is 11.8 Å². The van der Waals surface area contributed by atoms with E-state index in [0.717, 1.165) is 31.5 Å². The summed E-state index contributed by atoms with van der Waals surface area (Å²) in [6, 6.07) is 2.51. The van der Waals surface area contributed by atoms with E-state index < -0.39 is 11.7 Å². The highest BCUT2D eigenvalue weighted by Crippen LogP contribution is 2.43. The Morgan fingerprint density at radius 1 is 1.27 bits per heavy atom. The molecule has 2 aromatic heterocycles. The molecule has 1 saturated carbocycles. The number of morpholine rings is 1. The van der Waals surface area contributed by atoms with E-state index in [4.69, 9.17) is 15.5 Å². The number of nitrogens with zero attached hydrogens (tertiary/aromatic N) is 4. The second-order valence-corrected chi connectivity index (χ2v) is 7.89. The van der Waals surface area contributed by atoms with Crippen molar-refractivity contribution in [1.29, 1.82) is 0 Å². The molecule has 4 rings (SSSR count). The number of halogens is 3. The van der Waals surface area contributed by atoms with Crippen LogP contribution >= 0.6 is 0 Å². The van der Waals surface area contributed by atoms with E-state index in [1.165, 1.54) is 0 Å². The summed E-state index contributed by atoms with van der Waals surface area (Å²) in [5.41, 5.74) is 5.11. The molecular formula is C20H25F3N6O. The molecule has 162 valence electrons. The highest BCUT2D eigenvalue weighted by Gasteiger charge is 2.40. The van der Waals surface area contributed by atoms with Gasteiger partial charge in [0.1, 0.15) is 5.82 Å². The van der Waals surface area contributed by atoms with Crippen LogP contribution in [0.3, 0.4) is 0 Å². The molecule has 1 atom stereocenters. The van der Waals surface area contributed by atoms with Crippen LogP contribution in [0.5, 0.6) is 0 Å². The van der Waals surface area contributed by atoms with Gasteiger partial charge in [0.15, 0.2) is 0 Å². The summed E-state index contributed by atoms with van der Waals surface area (Å²) in [5, 5.41) is 3.31. The molecule has 7 nitrogen and oxygen atoms in total. The Morgan fingerprint density at radius 3 is 2.63 bits per heavy atom. The Morgan fingerprint density at radius 2 is 2.03 bits per heavy atom. The predicted octanol–water partition coefficient (Wildman–Crippen LogP) is 2.96. The Kier molecular flexibility index (Phi) is 5.31.